The molecular formula is C10H11F2NO. The van der Waals surface area contributed by atoms with Gasteiger partial charge in [0.2, 0.25) is 0 Å². The zero-order valence-electron chi connectivity index (χ0n) is 8.27. The highest BCUT2D eigenvalue weighted by Crippen LogP contribution is 2.25. The van der Waals surface area contributed by atoms with Crippen molar-refractivity contribution in [3.05, 3.63) is 29.3 Å². The van der Waals surface area contributed by atoms with E-state index in [-0.39, 0.29) is 17.0 Å². The van der Waals surface area contributed by atoms with Gasteiger partial charge in [-0.05, 0) is 19.1 Å². The predicted octanol–water partition coefficient (Wildman–Crippen LogP) is 2.23. The summed E-state index contributed by atoms with van der Waals surface area (Å²) in [6.07, 6.45) is 0. The first-order valence-corrected chi connectivity index (χ1v) is 4.11. The maximum absolute atomic E-state index is 13.3. The maximum atomic E-state index is 13.3. The number of ketones is 1. The molecule has 0 amide bonds. The molecule has 2 nitrogen and oxygen atoms in total. The molecule has 0 saturated heterocycles. The predicted molar refractivity (Wildman–Crippen MR) is 50.7 cm³/mol. The number of carbonyl (C=O) groups excluding carboxylic acids is 1. The minimum Gasteiger partial charge on any atom is -0.375 e. The molecule has 0 bridgehead atoms. The lowest BCUT2D eigenvalue weighted by Gasteiger charge is -2.16. The zero-order chi connectivity index (χ0) is 10.9. The van der Waals surface area contributed by atoms with Crippen LogP contribution in [0.5, 0.6) is 0 Å². The first-order chi connectivity index (χ1) is 6.45. The molecule has 0 heterocycles. The highest BCUT2D eigenvalue weighted by molar-refractivity contribution is 5.99. The van der Waals surface area contributed by atoms with Gasteiger partial charge in [-0.25, -0.2) is 8.78 Å². The van der Waals surface area contributed by atoms with Crippen molar-refractivity contribution in [2.75, 3.05) is 19.0 Å². The Balaban J connectivity index is 3.45. The highest BCUT2D eigenvalue weighted by Gasteiger charge is 2.17. The molecule has 0 aliphatic rings. The Morgan fingerprint density at radius 3 is 2.29 bits per heavy atom. The minimum atomic E-state index is -0.984. The summed E-state index contributed by atoms with van der Waals surface area (Å²) in [6.45, 7) is 1.32. The molecule has 0 atom stereocenters. The normalized spacial score (nSPS) is 10.1. The van der Waals surface area contributed by atoms with E-state index in [1.807, 2.05) is 0 Å². The van der Waals surface area contributed by atoms with E-state index in [1.54, 1.807) is 14.1 Å². The molecule has 1 aromatic carbocycles. The van der Waals surface area contributed by atoms with Crippen LogP contribution in [0, 0.1) is 11.6 Å². The number of nitrogens with zero attached hydrogens (tertiary/aromatic N) is 1. The van der Waals surface area contributed by atoms with Crippen LogP contribution in [0.15, 0.2) is 12.1 Å². The molecular weight excluding hydrogens is 188 g/mol. The number of anilines is 1. The SMILES string of the molecule is CC(=O)c1ccc(F)c(F)c1N(C)C. The Morgan fingerprint density at radius 1 is 1.29 bits per heavy atom. The number of benzene rings is 1. The summed E-state index contributed by atoms with van der Waals surface area (Å²) in [7, 11) is 3.12. The molecule has 14 heavy (non-hydrogen) atoms. The van der Waals surface area contributed by atoms with Gasteiger partial charge in [0.25, 0.3) is 0 Å². The van der Waals surface area contributed by atoms with Crippen molar-refractivity contribution in [1.29, 1.82) is 0 Å². The summed E-state index contributed by atoms with van der Waals surface area (Å²) in [5.74, 6) is -2.21. The van der Waals surface area contributed by atoms with Crippen LogP contribution in [0.4, 0.5) is 14.5 Å². The molecule has 1 aromatic rings. The van der Waals surface area contributed by atoms with Gasteiger partial charge in [0.1, 0.15) is 0 Å². The summed E-state index contributed by atoms with van der Waals surface area (Å²) in [6, 6.07) is 2.25. The lowest BCUT2D eigenvalue weighted by atomic mass is 10.1. The van der Waals surface area contributed by atoms with Crippen LogP contribution in [0.2, 0.25) is 0 Å². The third-order valence-electron chi connectivity index (χ3n) is 1.90. The summed E-state index contributed by atoms with van der Waals surface area (Å²) in [5.41, 5.74) is 0.186. The lowest BCUT2D eigenvalue weighted by molar-refractivity contribution is 0.101. The van der Waals surface area contributed by atoms with E-state index in [1.165, 1.54) is 17.9 Å². The molecule has 0 saturated carbocycles. The van der Waals surface area contributed by atoms with E-state index in [9.17, 15) is 13.6 Å². The van der Waals surface area contributed by atoms with Crippen molar-refractivity contribution in [3.63, 3.8) is 0 Å². The van der Waals surface area contributed by atoms with Gasteiger partial charge in [-0.2, -0.15) is 0 Å². The van der Waals surface area contributed by atoms with Gasteiger partial charge in [0.05, 0.1) is 5.69 Å². The number of halogens is 2. The Morgan fingerprint density at radius 2 is 1.86 bits per heavy atom. The summed E-state index contributed by atoms with van der Waals surface area (Å²) in [5, 5.41) is 0. The van der Waals surface area contributed by atoms with E-state index in [2.05, 4.69) is 0 Å². The van der Waals surface area contributed by atoms with Gasteiger partial charge in [-0.15, -0.1) is 0 Å². The molecule has 0 unspecified atom stereocenters. The Bertz CT molecular complexity index is 375. The maximum Gasteiger partial charge on any atom is 0.182 e. The second-order valence-corrected chi connectivity index (χ2v) is 3.21. The largest absolute Gasteiger partial charge is 0.375 e. The highest BCUT2D eigenvalue weighted by atomic mass is 19.2. The van der Waals surface area contributed by atoms with Crippen molar-refractivity contribution in [2.45, 2.75) is 6.92 Å². The number of hydrogen-bond acceptors (Lipinski definition) is 2. The van der Waals surface area contributed by atoms with Crippen molar-refractivity contribution < 1.29 is 13.6 Å². The number of hydrogen-bond donors (Lipinski definition) is 0. The molecule has 0 aliphatic carbocycles. The second kappa shape index (κ2) is 3.74. The molecule has 0 fully saturated rings. The fraction of sp³-hybridized carbons (Fsp3) is 0.300. The molecule has 4 heteroatoms. The van der Waals surface area contributed by atoms with Gasteiger partial charge in [0.15, 0.2) is 17.4 Å². The van der Waals surface area contributed by atoms with E-state index in [0.29, 0.717) is 0 Å². The average molecular weight is 199 g/mol. The molecule has 0 N–H and O–H groups in total. The van der Waals surface area contributed by atoms with Crippen LogP contribution < -0.4 is 4.90 Å². The van der Waals surface area contributed by atoms with Crippen LogP contribution in [0.25, 0.3) is 0 Å². The van der Waals surface area contributed by atoms with Gasteiger partial charge >= 0.3 is 0 Å². The van der Waals surface area contributed by atoms with Crippen LogP contribution in [0.3, 0.4) is 0 Å². The second-order valence-electron chi connectivity index (χ2n) is 3.21. The number of rotatable bonds is 2. The molecule has 0 radical (unpaired) electrons. The van der Waals surface area contributed by atoms with Crippen molar-refractivity contribution in [3.8, 4) is 0 Å². The Labute approximate surface area is 81.1 Å². The topological polar surface area (TPSA) is 20.3 Å². The molecule has 0 aromatic heterocycles. The minimum absolute atomic E-state index is 0.00231. The third kappa shape index (κ3) is 1.73. The molecule has 76 valence electrons. The van der Waals surface area contributed by atoms with Crippen LogP contribution >= 0.6 is 0 Å². The standard InChI is InChI=1S/C10H11F2NO/c1-6(14)7-4-5-8(11)9(12)10(7)13(2)3/h4-5H,1-3H3. The quantitative estimate of drug-likeness (QED) is 0.681. The van der Waals surface area contributed by atoms with E-state index >= 15 is 0 Å². The van der Waals surface area contributed by atoms with Crippen LogP contribution in [-0.4, -0.2) is 19.9 Å². The van der Waals surface area contributed by atoms with E-state index < -0.39 is 11.6 Å². The lowest BCUT2D eigenvalue weighted by Crippen LogP contribution is -2.15. The first-order valence-electron chi connectivity index (χ1n) is 4.11. The van der Waals surface area contributed by atoms with Gasteiger partial charge in [-0.3, -0.25) is 4.79 Å². The van der Waals surface area contributed by atoms with E-state index in [4.69, 9.17) is 0 Å². The fourth-order valence-corrected chi connectivity index (χ4v) is 1.26. The van der Waals surface area contributed by atoms with Crippen LogP contribution in [0.1, 0.15) is 17.3 Å². The third-order valence-corrected chi connectivity index (χ3v) is 1.90. The zero-order valence-corrected chi connectivity index (χ0v) is 8.27. The Hall–Kier alpha value is -1.45. The average Bonchev–Trinajstić information content (AvgIpc) is 2.08. The van der Waals surface area contributed by atoms with Gasteiger partial charge in [0, 0.05) is 19.7 Å². The van der Waals surface area contributed by atoms with E-state index in [0.717, 1.165) is 6.07 Å². The van der Waals surface area contributed by atoms with Crippen molar-refractivity contribution in [1.82, 2.24) is 0 Å². The number of carbonyl (C=O) groups is 1. The monoisotopic (exact) mass is 199 g/mol. The summed E-state index contributed by atoms with van der Waals surface area (Å²) in [4.78, 5) is 12.5. The summed E-state index contributed by atoms with van der Waals surface area (Å²) < 4.78 is 26.2. The first kappa shape index (κ1) is 10.6. The Kier molecular flexibility index (Phi) is 2.84. The van der Waals surface area contributed by atoms with Gasteiger partial charge < -0.3 is 4.90 Å². The smallest absolute Gasteiger partial charge is 0.182 e. The summed E-state index contributed by atoms with van der Waals surface area (Å²) >= 11 is 0. The fourth-order valence-electron chi connectivity index (χ4n) is 1.26. The number of Topliss-reactive ketones (excluding diaryl/α,β-unsaturated/α-hetero) is 1. The van der Waals surface area contributed by atoms with Crippen LogP contribution in [-0.2, 0) is 0 Å². The van der Waals surface area contributed by atoms with Crippen molar-refractivity contribution in [2.24, 2.45) is 0 Å². The van der Waals surface area contributed by atoms with Gasteiger partial charge in [-0.1, -0.05) is 0 Å². The molecule has 1 rings (SSSR count). The van der Waals surface area contributed by atoms with Crippen molar-refractivity contribution >= 4 is 11.5 Å². The molecule has 0 aliphatic heterocycles. The molecule has 0 spiro atoms.